The lowest BCUT2D eigenvalue weighted by molar-refractivity contribution is 0.630. The van der Waals surface area contributed by atoms with E-state index in [1.54, 1.807) is 12.1 Å². The molecule has 0 amide bonds. The molecule has 1 aliphatic carbocycles. The molecular formula is C16H15ClFN. The van der Waals surface area contributed by atoms with Gasteiger partial charge in [-0.1, -0.05) is 35.9 Å². The van der Waals surface area contributed by atoms with Gasteiger partial charge < -0.3 is 5.32 Å². The van der Waals surface area contributed by atoms with Crippen LogP contribution in [0.25, 0.3) is 0 Å². The van der Waals surface area contributed by atoms with Gasteiger partial charge in [-0.05, 0) is 48.1 Å². The molecule has 1 aliphatic rings. The maximum Gasteiger partial charge on any atom is 0.147 e. The predicted octanol–water partition coefficient (Wildman–Crippen LogP) is 4.97. The molecule has 1 nitrogen and oxygen atoms in total. The summed E-state index contributed by atoms with van der Waals surface area (Å²) in [5.74, 6) is 0.429. The molecule has 3 heteroatoms. The Kier molecular flexibility index (Phi) is 3.43. The van der Waals surface area contributed by atoms with Crippen LogP contribution in [0.4, 0.5) is 10.1 Å². The van der Waals surface area contributed by atoms with Crippen molar-refractivity contribution >= 4 is 17.3 Å². The Hall–Kier alpha value is -1.54. The fraction of sp³-hybridized carbons (Fsp3) is 0.250. The highest BCUT2D eigenvalue weighted by atomic mass is 35.5. The third kappa shape index (κ3) is 3.07. The third-order valence-electron chi connectivity index (χ3n) is 3.41. The standard InChI is InChI=1S/C16H15ClFN/c17-14-6-7-16(15(18)9-14)19-10-11-2-1-3-13(8-11)12-4-5-12/h1-3,6-9,12,19H,4-5,10H2. The van der Waals surface area contributed by atoms with Crippen molar-refractivity contribution in [1.82, 2.24) is 0 Å². The van der Waals surface area contributed by atoms with E-state index in [0.717, 1.165) is 5.92 Å². The van der Waals surface area contributed by atoms with E-state index >= 15 is 0 Å². The number of anilines is 1. The number of benzene rings is 2. The molecule has 0 radical (unpaired) electrons. The summed E-state index contributed by atoms with van der Waals surface area (Å²) < 4.78 is 13.6. The van der Waals surface area contributed by atoms with Crippen LogP contribution in [-0.2, 0) is 6.54 Å². The molecular weight excluding hydrogens is 261 g/mol. The van der Waals surface area contributed by atoms with Gasteiger partial charge in [-0.25, -0.2) is 4.39 Å². The van der Waals surface area contributed by atoms with E-state index in [1.165, 1.54) is 30.0 Å². The minimum Gasteiger partial charge on any atom is -0.379 e. The van der Waals surface area contributed by atoms with Crippen LogP contribution >= 0.6 is 11.6 Å². The van der Waals surface area contributed by atoms with Gasteiger partial charge in [0.25, 0.3) is 0 Å². The predicted molar refractivity (Wildman–Crippen MR) is 77.2 cm³/mol. The lowest BCUT2D eigenvalue weighted by Gasteiger charge is -2.09. The molecule has 0 atom stereocenters. The fourth-order valence-electron chi connectivity index (χ4n) is 2.20. The Morgan fingerprint density at radius 2 is 2.00 bits per heavy atom. The zero-order chi connectivity index (χ0) is 13.2. The van der Waals surface area contributed by atoms with Crippen molar-refractivity contribution in [2.75, 3.05) is 5.32 Å². The van der Waals surface area contributed by atoms with Crippen molar-refractivity contribution in [3.63, 3.8) is 0 Å². The largest absolute Gasteiger partial charge is 0.379 e. The number of hydrogen-bond acceptors (Lipinski definition) is 1. The summed E-state index contributed by atoms with van der Waals surface area (Å²) in [7, 11) is 0. The van der Waals surface area contributed by atoms with Gasteiger partial charge in [0.2, 0.25) is 0 Å². The second kappa shape index (κ2) is 5.22. The van der Waals surface area contributed by atoms with E-state index < -0.39 is 0 Å². The zero-order valence-corrected chi connectivity index (χ0v) is 11.3. The van der Waals surface area contributed by atoms with Gasteiger partial charge >= 0.3 is 0 Å². The number of rotatable bonds is 4. The Morgan fingerprint density at radius 3 is 2.74 bits per heavy atom. The molecule has 3 rings (SSSR count). The number of nitrogens with one attached hydrogen (secondary N) is 1. The summed E-state index contributed by atoms with van der Waals surface area (Å²) in [6.07, 6.45) is 2.59. The molecule has 1 fully saturated rings. The highest BCUT2D eigenvalue weighted by Crippen LogP contribution is 2.40. The van der Waals surface area contributed by atoms with Crippen LogP contribution in [-0.4, -0.2) is 0 Å². The topological polar surface area (TPSA) is 12.0 Å². The average molecular weight is 276 g/mol. The van der Waals surface area contributed by atoms with Gasteiger partial charge in [0.15, 0.2) is 0 Å². The first-order valence-corrected chi connectivity index (χ1v) is 6.88. The highest BCUT2D eigenvalue weighted by molar-refractivity contribution is 6.30. The van der Waals surface area contributed by atoms with Crippen LogP contribution in [0.15, 0.2) is 42.5 Å². The van der Waals surface area contributed by atoms with Crippen LogP contribution in [0, 0.1) is 5.82 Å². The van der Waals surface area contributed by atoms with Crippen LogP contribution in [0.2, 0.25) is 5.02 Å². The second-order valence-corrected chi connectivity index (χ2v) is 5.43. The Balaban J connectivity index is 1.69. The van der Waals surface area contributed by atoms with Gasteiger partial charge in [0.05, 0.1) is 5.69 Å². The summed E-state index contributed by atoms with van der Waals surface area (Å²) in [6, 6.07) is 13.2. The Bertz CT molecular complexity index is 593. The first-order valence-electron chi connectivity index (χ1n) is 6.50. The van der Waals surface area contributed by atoms with Crippen molar-refractivity contribution in [3.8, 4) is 0 Å². The van der Waals surface area contributed by atoms with Gasteiger partial charge in [0, 0.05) is 11.6 Å². The maximum absolute atomic E-state index is 13.6. The molecule has 0 spiro atoms. The molecule has 0 bridgehead atoms. The smallest absolute Gasteiger partial charge is 0.147 e. The maximum atomic E-state index is 13.6. The van der Waals surface area contributed by atoms with Crippen LogP contribution in [0.1, 0.15) is 29.9 Å². The van der Waals surface area contributed by atoms with Crippen molar-refractivity contribution in [2.45, 2.75) is 25.3 Å². The lowest BCUT2D eigenvalue weighted by atomic mass is 10.1. The van der Waals surface area contributed by atoms with E-state index in [-0.39, 0.29) is 5.82 Å². The van der Waals surface area contributed by atoms with Crippen molar-refractivity contribution < 1.29 is 4.39 Å². The molecule has 0 unspecified atom stereocenters. The molecule has 2 aromatic carbocycles. The minimum atomic E-state index is -0.314. The quantitative estimate of drug-likeness (QED) is 0.831. The summed E-state index contributed by atoms with van der Waals surface area (Å²) in [6.45, 7) is 0.624. The summed E-state index contributed by atoms with van der Waals surface area (Å²) in [4.78, 5) is 0. The van der Waals surface area contributed by atoms with Gasteiger partial charge in [-0.3, -0.25) is 0 Å². The summed E-state index contributed by atoms with van der Waals surface area (Å²) in [5, 5.41) is 3.52. The Labute approximate surface area is 117 Å². The molecule has 19 heavy (non-hydrogen) atoms. The van der Waals surface area contributed by atoms with Gasteiger partial charge in [0.1, 0.15) is 5.82 Å². The van der Waals surface area contributed by atoms with E-state index in [0.29, 0.717) is 17.3 Å². The van der Waals surface area contributed by atoms with E-state index in [4.69, 9.17) is 11.6 Å². The van der Waals surface area contributed by atoms with Crippen molar-refractivity contribution in [3.05, 3.63) is 64.4 Å². The Morgan fingerprint density at radius 1 is 1.16 bits per heavy atom. The monoisotopic (exact) mass is 275 g/mol. The van der Waals surface area contributed by atoms with Gasteiger partial charge in [-0.15, -0.1) is 0 Å². The molecule has 0 saturated heterocycles. The van der Waals surface area contributed by atoms with E-state index in [1.807, 2.05) is 0 Å². The van der Waals surface area contributed by atoms with Crippen molar-refractivity contribution in [1.29, 1.82) is 0 Å². The zero-order valence-electron chi connectivity index (χ0n) is 10.5. The van der Waals surface area contributed by atoms with E-state index in [2.05, 4.69) is 29.6 Å². The molecule has 0 aliphatic heterocycles. The first kappa shape index (κ1) is 12.5. The second-order valence-electron chi connectivity index (χ2n) is 5.00. The minimum absolute atomic E-state index is 0.314. The fourth-order valence-corrected chi connectivity index (χ4v) is 2.36. The SMILES string of the molecule is Fc1cc(Cl)ccc1NCc1cccc(C2CC2)c1. The van der Waals surface area contributed by atoms with Crippen molar-refractivity contribution in [2.24, 2.45) is 0 Å². The van der Waals surface area contributed by atoms with Gasteiger partial charge in [-0.2, -0.15) is 0 Å². The molecule has 1 saturated carbocycles. The highest BCUT2D eigenvalue weighted by Gasteiger charge is 2.23. The third-order valence-corrected chi connectivity index (χ3v) is 3.65. The first-order chi connectivity index (χ1) is 9.22. The van der Waals surface area contributed by atoms with Crippen LogP contribution in [0.5, 0.6) is 0 Å². The summed E-state index contributed by atoms with van der Waals surface area (Å²) in [5.41, 5.74) is 3.07. The van der Waals surface area contributed by atoms with E-state index in [9.17, 15) is 4.39 Å². The lowest BCUT2D eigenvalue weighted by Crippen LogP contribution is -2.01. The number of halogens is 2. The van der Waals surface area contributed by atoms with Crippen LogP contribution < -0.4 is 5.32 Å². The number of hydrogen-bond donors (Lipinski definition) is 1. The van der Waals surface area contributed by atoms with Crippen LogP contribution in [0.3, 0.4) is 0 Å². The normalized spacial score (nSPS) is 14.4. The average Bonchev–Trinajstić information content (AvgIpc) is 3.22. The molecule has 98 valence electrons. The molecule has 1 N–H and O–H groups in total. The molecule has 2 aromatic rings. The summed E-state index contributed by atoms with van der Waals surface area (Å²) >= 11 is 5.73. The molecule has 0 heterocycles. The molecule has 0 aromatic heterocycles.